The topological polar surface area (TPSA) is 18.5 Å². The molecular formula is C23H46O2Si2. The van der Waals surface area contributed by atoms with Gasteiger partial charge in [-0.3, -0.25) is 0 Å². The van der Waals surface area contributed by atoms with Crippen LogP contribution in [0.25, 0.3) is 0 Å². The lowest BCUT2D eigenvalue weighted by molar-refractivity contribution is 0.301. The van der Waals surface area contributed by atoms with Crippen LogP contribution >= 0.6 is 0 Å². The maximum Gasteiger partial charge on any atom is 0.242 e. The molecule has 158 valence electrons. The Morgan fingerprint density at radius 1 is 0.704 bits per heavy atom. The first-order chi connectivity index (χ1) is 12.1. The molecule has 2 nitrogen and oxygen atoms in total. The van der Waals surface area contributed by atoms with Crippen molar-refractivity contribution in [3.05, 3.63) is 22.7 Å². The van der Waals surface area contributed by atoms with E-state index in [1.54, 1.807) is 5.57 Å². The van der Waals surface area contributed by atoms with E-state index >= 15 is 0 Å². The minimum absolute atomic E-state index is 0.402. The van der Waals surface area contributed by atoms with Gasteiger partial charge in [0.1, 0.15) is 11.5 Å². The van der Waals surface area contributed by atoms with Crippen molar-refractivity contribution < 1.29 is 8.85 Å². The SMILES string of the molecule is CC(C)CC1=C(CC(C)C)C(CC(C)C)C(O[Si](C)(C)C)=C1O[Si](C)(C)C. The van der Waals surface area contributed by atoms with Crippen molar-refractivity contribution in [3.63, 3.8) is 0 Å². The van der Waals surface area contributed by atoms with Gasteiger partial charge < -0.3 is 8.85 Å². The molecule has 27 heavy (non-hydrogen) atoms. The molecule has 0 spiro atoms. The van der Waals surface area contributed by atoms with E-state index < -0.39 is 16.6 Å². The van der Waals surface area contributed by atoms with Crippen LogP contribution in [0.2, 0.25) is 39.3 Å². The van der Waals surface area contributed by atoms with Gasteiger partial charge in [-0.15, -0.1) is 0 Å². The van der Waals surface area contributed by atoms with Crippen LogP contribution in [0.5, 0.6) is 0 Å². The van der Waals surface area contributed by atoms with Gasteiger partial charge in [0.15, 0.2) is 0 Å². The zero-order valence-electron chi connectivity index (χ0n) is 20.2. The molecule has 0 bridgehead atoms. The number of rotatable bonds is 10. The summed E-state index contributed by atoms with van der Waals surface area (Å²) < 4.78 is 13.5. The van der Waals surface area contributed by atoms with Gasteiger partial charge in [0.25, 0.3) is 0 Å². The molecule has 4 heteroatoms. The van der Waals surface area contributed by atoms with E-state index in [9.17, 15) is 0 Å². The highest BCUT2D eigenvalue weighted by atomic mass is 28.4. The van der Waals surface area contributed by atoms with E-state index in [1.165, 1.54) is 11.3 Å². The van der Waals surface area contributed by atoms with E-state index in [-0.39, 0.29) is 0 Å². The molecule has 0 radical (unpaired) electrons. The van der Waals surface area contributed by atoms with E-state index in [2.05, 4.69) is 80.8 Å². The second kappa shape index (κ2) is 9.34. The Balaban J connectivity index is 3.59. The summed E-state index contributed by atoms with van der Waals surface area (Å²) in [5.74, 6) is 4.62. The maximum absolute atomic E-state index is 6.77. The normalized spacial score (nSPS) is 19.1. The monoisotopic (exact) mass is 410 g/mol. The van der Waals surface area contributed by atoms with Crippen molar-refractivity contribution in [2.24, 2.45) is 23.7 Å². The zero-order chi connectivity index (χ0) is 21.2. The zero-order valence-corrected chi connectivity index (χ0v) is 22.2. The number of hydrogen-bond acceptors (Lipinski definition) is 2. The highest BCUT2D eigenvalue weighted by molar-refractivity contribution is 6.70. The molecule has 0 heterocycles. The van der Waals surface area contributed by atoms with E-state index in [4.69, 9.17) is 8.85 Å². The Morgan fingerprint density at radius 3 is 1.56 bits per heavy atom. The molecule has 0 aromatic heterocycles. The van der Waals surface area contributed by atoms with Crippen LogP contribution in [0.4, 0.5) is 0 Å². The Kier molecular flexibility index (Phi) is 8.49. The van der Waals surface area contributed by atoms with Gasteiger partial charge in [-0.05, 0) is 81.9 Å². The number of hydrogen-bond donors (Lipinski definition) is 0. The second-order valence-electron chi connectivity index (χ2n) is 11.5. The van der Waals surface area contributed by atoms with E-state index in [0.29, 0.717) is 23.7 Å². The predicted octanol–water partition coefficient (Wildman–Crippen LogP) is 7.97. The summed E-state index contributed by atoms with van der Waals surface area (Å²) in [6.45, 7) is 27.7. The molecule has 1 aliphatic rings. The van der Waals surface area contributed by atoms with Crippen LogP contribution in [0, 0.1) is 23.7 Å². The fraction of sp³-hybridized carbons (Fsp3) is 0.826. The molecule has 0 aromatic carbocycles. The summed E-state index contributed by atoms with van der Waals surface area (Å²) in [5, 5.41) is 0. The second-order valence-corrected chi connectivity index (χ2v) is 20.4. The van der Waals surface area contributed by atoms with Gasteiger partial charge in [-0.2, -0.15) is 0 Å². The quantitative estimate of drug-likeness (QED) is 0.340. The van der Waals surface area contributed by atoms with Gasteiger partial charge in [-0.25, -0.2) is 0 Å². The summed E-state index contributed by atoms with van der Waals surface area (Å²) in [4.78, 5) is 0. The minimum Gasteiger partial charge on any atom is -0.544 e. The van der Waals surface area contributed by atoms with E-state index in [1.807, 2.05) is 0 Å². The standard InChI is InChI=1S/C23H46O2Si2/c1-16(2)13-19-20(14-17(3)4)22(24-26(7,8)9)23(25-27(10,11)12)21(19)15-18(5)6/h16-18,20H,13-15H2,1-12H3. The summed E-state index contributed by atoms with van der Waals surface area (Å²) in [7, 11) is -3.45. The van der Waals surface area contributed by atoms with Crippen molar-refractivity contribution in [1.82, 2.24) is 0 Å². The van der Waals surface area contributed by atoms with Crippen molar-refractivity contribution in [3.8, 4) is 0 Å². The lowest BCUT2D eigenvalue weighted by atomic mass is 9.85. The summed E-state index contributed by atoms with van der Waals surface area (Å²) in [6, 6.07) is 0. The highest BCUT2D eigenvalue weighted by Gasteiger charge is 2.40. The van der Waals surface area contributed by atoms with Gasteiger partial charge in [0.05, 0.1) is 0 Å². The van der Waals surface area contributed by atoms with Gasteiger partial charge in [-0.1, -0.05) is 47.1 Å². The molecular weight excluding hydrogens is 364 g/mol. The van der Waals surface area contributed by atoms with Crippen LogP contribution in [0.15, 0.2) is 22.7 Å². The fourth-order valence-electron chi connectivity index (χ4n) is 3.74. The molecule has 0 fully saturated rings. The van der Waals surface area contributed by atoms with Gasteiger partial charge >= 0.3 is 0 Å². The van der Waals surface area contributed by atoms with Crippen LogP contribution < -0.4 is 0 Å². The lowest BCUT2D eigenvalue weighted by Gasteiger charge is -2.29. The smallest absolute Gasteiger partial charge is 0.242 e. The predicted molar refractivity (Wildman–Crippen MR) is 125 cm³/mol. The minimum atomic E-state index is -1.73. The lowest BCUT2D eigenvalue weighted by Crippen LogP contribution is -2.30. The van der Waals surface area contributed by atoms with Crippen LogP contribution in [-0.2, 0) is 8.85 Å². The Morgan fingerprint density at radius 2 is 1.19 bits per heavy atom. The maximum atomic E-state index is 6.77. The summed E-state index contributed by atoms with van der Waals surface area (Å²) in [5.41, 5.74) is 3.08. The fourth-order valence-corrected chi connectivity index (χ4v) is 5.48. The first kappa shape index (κ1) is 24.6. The Bertz CT molecular complexity index is 558. The van der Waals surface area contributed by atoms with Gasteiger partial charge in [0.2, 0.25) is 16.6 Å². The third-order valence-electron chi connectivity index (χ3n) is 4.39. The Labute approximate surface area is 172 Å². The van der Waals surface area contributed by atoms with Crippen molar-refractivity contribution in [2.75, 3.05) is 0 Å². The van der Waals surface area contributed by atoms with Crippen molar-refractivity contribution in [1.29, 1.82) is 0 Å². The van der Waals surface area contributed by atoms with Gasteiger partial charge in [0, 0.05) is 5.92 Å². The average Bonchev–Trinajstić information content (AvgIpc) is 2.61. The molecule has 0 saturated carbocycles. The average molecular weight is 411 g/mol. The first-order valence-electron chi connectivity index (χ1n) is 10.9. The molecule has 0 amide bonds. The largest absolute Gasteiger partial charge is 0.544 e. The van der Waals surface area contributed by atoms with Crippen LogP contribution in [0.3, 0.4) is 0 Å². The molecule has 0 aliphatic heterocycles. The molecule has 1 rings (SSSR count). The number of allylic oxidation sites excluding steroid dienone is 2. The Hall–Kier alpha value is -0.486. The third-order valence-corrected chi connectivity index (χ3v) is 6.04. The summed E-state index contributed by atoms with van der Waals surface area (Å²) in [6.07, 6.45) is 3.40. The first-order valence-corrected chi connectivity index (χ1v) is 17.8. The van der Waals surface area contributed by atoms with Crippen LogP contribution in [-0.4, -0.2) is 16.6 Å². The molecule has 0 saturated heterocycles. The van der Waals surface area contributed by atoms with Crippen LogP contribution in [0.1, 0.15) is 60.8 Å². The molecule has 0 N–H and O–H groups in total. The van der Waals surface area contributed by atoms with Crippen molar-refractivity contribution >= 4 is 16.6 Å². The van der Waals surface area contributed by atoms with Crippen molar-refractivity contribution in [2.45, 2.75) is 100 Å². The molecule has 1 atom stereocenters. The molecule has 0 aromatic rings. The summed E-state index contributed by atoms with van der Waals surface area (Å²) >= 11 is 0. The molecule has 1 unspecified atom stereocenters. The molecule has 1 aliphatic carbocycles. The van der Waals surface area contributed by atoms with E-state index in [0.717, 1.165) is 25.0 Å². The third kappa shape index (κ3) is 8.19. The highest BCUT2D eigenvalue weighted by Crippen LogP contribution is 2.48.